The van der Waals surface area contributed by atoms with Gasteiger partial charge in [0.25, 0.3) is 5.91 Å². The molecule has 5 heteroatoms. The van der Waals surface area contributed by atoms with Crippen molar-refractivity contribution in [2.24, 2.45) is 0 Å². The number of nitrogens with zero attached hydrogens (tertiary/aromatic N) is 1. The lowest BCUT2D eigenvalue weighted by Gasteiger charge is -2.23. The highest BCUT2D eigenvalue weighted by Crippen LogP contribution is 2.23. The second kappa shape index (κ2) is 6.32. The molecule has 1 aromatic carbocycles. The number of thiophene rings is 1. The molecule has 2 aromatic rings. The van der Waals surface area contributed by atoms with Crippen LogP contribution in [0.5, 0.6) is 0 Å². The van der Waals surface area contributed by atoms with E-state index in [0.29, 0.717) is 11.4 Å². The van der Waals surface area contributed by atoms with Gasteiger partial charge in [0.15, 0.2) is 0 Å². The summed E-state index contributed by atoms with van der Waals surface area (Å²) >= 11 is 1.41. The van der Waals surface area contributed by atoms with Gasteiger partial charge < -0.3 is 10.2 Å². The Morgan fingerprint density at radius 1 is 1.23 bits per heavy atom. The topological polar surface area (TPSA) is 49.4 Å². The predicted octanol–water partition coefficient (Wildman–Crippen LogP) is 3.30. The monoisotopic (exact) mass is 314 g/mol. The first-order chi connectivity index (χ1) is 10.6. The van der Waals surface area contributed by atoms with Gasteiger partial charge >= 0.3 is 0 Å². The summed E-state index contributed by atoms with van der Waals surface area (Å²) in [6, 6.07) is 11.0. The predicted molar refractivity (Wildman–Crippen MR) is 88.2 cm³/mol. The average molecular weight is 314 g/mol. The summed E-state index contributed by atoms with van der Waals surface area (Å²) in [6.45, 7) is 2.65. The van der Waals surface area contributed by atoms with Crippen molar-refractivity contribution in [3.05, 3.63) is 52.2 Å². The SMILES string of the molecule is Cc1ccc(NC(=O)[C@@H]2CCCN2C(=O)c2cccs2)cc1. The van der Waals surface area contributed by atoms with Crippen LogP contribution in [0.1, 0.15) is 28.1 Å². The number of rotatable bonds is 3. The summed E-state index contributed by atoms with van der Waals surface area (Å²) in [5, 5.41) is 4.79. The molecule has 1 fully saturated rings. The van der Waals surface area contributed by atoms with E-state index in [1.165, 1.54) is 11.3 Å². The molecule has 1 aliphatic rings. The van der Waals surface area contributed by atoms with E-state index < -0.39 is 0 Å². The van der Waals surface area contributed by atoms with Crippen LogP contribution < -0.4 is 5.32 Å². The molecular weight excluding hydrogens is 296 g/mol. The van der Waals surface area contributed by atoms with Gasteiger partial charge in [-0.1, -0.05) is 23.8 Å². The molecule has 0 saturated carbocycles. The van der Waals surface area contributed by atoms with Crippen molar-refractivity contribution in [3.8, 4) is 0 Å². The molecule has 0 spiro atoms. The molecule has 0 aliphatic carbocycles. The molecule has 4 nitrogen and oxygen atoms in total. The number of benzene rings is 1. The minimum Gasteiger partial charge on any atom is -0.326 e. The van der Waals surface area contributed by atoms with Crippen molar-refractivity contribution in [3.63, 3.8) is 0 Å². The Labute approximate surface area is 133 Å². The number of nitrogens with one attached hydrogen (secondary N) is 1. The molecular formula is C17H18N2O2S. The molecule has 22 heavy (non-hydrogen) atoms. The van der Waals surface area contributed by atoms with Gasteiger partial charge in [-0.15, -0.1) is 11.3 Å². The molecule has 1 atom stereocenters. The Balaban J connectivity index is 1.71. The lowest BCUT2D eigenvalue weighted by atomic mass is 10.2. The van der Waals surface area contributed by atoms with Crippen molar-refractivity contribution in [2.75, 3.05) is 11.9 Å². The number of aryl methyl sites for hydroxylation is 1. The van der Waals surface area contributed by atoms with Crippen LogP contribution in [-0.4, -0.2) is 29.3 Å². The first kappa shape index (κ1) is 14.8. The van der Waals surface area contributed by atoms with Crippen LogP contribution in [0.3, 0.4) is 0 Å². The lowest BCUT2D eigenvalue weighted by molar-refractivity contribution is -0.119. The summed E-state index contributed by atoms with van der Waals surface area (Å²) in [5.74, 6) is -0.150. The fourth-order valence-corrected chi connectivity index (χ4v) is 3.37. The first-order valence-electron chi connectivity index (χ1n) is 7.37. The zero-order valence-electron chi connectivity index (χ0n) is 12.4. The van der Waals surface area contributed by atoms with Gasteiger partial charge in [-0.2, -0.15) is 0 Å². The molecule has 1 saturated heterocycles. The van der Waals surface area contributed by atoms with Crippen LogP contribution in [-0.2, 0) is 4.79 Å². The van der Waals surface area contributed by atoms with Crippen LogP contribution in [0.4, 0.5) is 5.69 Å². The van der Waals surface area contributed by atoms with Gasteiger partial charge in [0, 0.05) is 12.2 Å². The standard InChI is InChI=1S/C17H18N2O2S/c1-12-6-8-13(9-7-12)18-16(20)14-4-2-10-19(14)17(21)15-5-3-11-22-15/h3,5-9,11,14H,2,4,10H2,1H3,(H,18,20)/t14-/m0/s1. The molecule has 1 N–H and O–H groups in total. The van der Waals surface area contributed by atoms with Gasteiger partial charge in [-0.3, -0.25) is 9.59 Å². The second-order valence-electron chi connectivity index (χ2n) is 5.49. The molecule has 0 radical (unpaired) electrons. The molecule has 3 rings (SSSR count). The Morgan fingerprint density at radius 3 is 2.68 bits per heavy atom. The Hall–Kier alpha value is -2.14. The summed E-state index contributed by atoms with van der Waals surface area (Å²) in [6.07, 6.45) is 1.58. The van der Waals surface area contributed by atoms with Crippen LogP contribution in [0.25, 0.3) is 0 Å². The minimum absolute atomic E-state index is 0.0449. The van der Waals surface area contributed by atoms with Crippen molar-refractivity contribution >= 4 is 28.8 Å². The quantitative estimate of drug-likeness (QED) is 0.945. The van der Waals surface area contributed by atoms with E-state index in [1.54, 1.807) is 11.0 Å². The smallest absolute Gasteiger partial charge is 0.264 e. The van der Waals surface area contributed by atoms with Crippen LogP contribution in [0.15, 0.2) is 41.8 Å². The van der Waals surface area contributed by atoms with Crippen molar-refractivity contribution in [1.29, 1.82) is 0 Å². The number of likely N-dealkylation sites (tertiary alicyclic amines) is 1. The maximum Gasteiger partial charge on any atom is 0.264 e. The van der Waals surface area contributed by atoms with Crippen molar-refractivity contribution < 1.29 is 9.59 Å². The van der Waals surface area contributed by atoms with Crippen LogP contribution >= 0.6 is 11.3 Å². The Morgan fingerprint density at radius 2 is 2.00 bits per heavy atom. The molecule has 2 amide bonds. The third kappa shape index (κ3) is 3.04. The van der Waals surface area contributed by atoms with E-state index >= 15 is 0 Å². The summed E-state index contributed by atoms with van der Waals surface area (Å²) < 4.78 is 0. The molecule has 1 aliphatic heterocycles. The number of carbonyl (C=O) groups excluding carboxylic acids is 2. The summed E-state index contributed by atoms with van der Waals surface area (Å²) in [7, 11) is 0. The fourth-order valence-electron chi connectivity index (χ4n) is 2.69. The van der Waals surface area contributed by atoms with Gasteiger partial charge in [-0.25, -0.2) is 0 Å². The zero-order valence-corrected chi connectivity index (χ0v) is 13.2. The van der Waals surface area contributed by atoms with Gasteiger partial charge in [0.05, 0.1) is 4.88 Å². The van der Waals surface area contributed by atoms with Gasteiger partial charge in [-0.05, 0) is 43.3 Å². The molecule has 2 heterocycles. The fraction of sp³-hybridized carbons (Fsp3) is 0.294. The highest BCUT2D eigenvalue weighted by atomic mass is 32.1. The number of carbonyl (C=O) groups is 2. The number of hydrogen-bond acceptors (Lipinski definition) is 3. The highest BCUT2D eigenvalue weighted by molar-refractivity contribution is 7.12. The van der Waals surface area contributed by atoms with Crippen LogP contribution in [0.2, 0.25) is 0 Å². The highest BCUT2D eigenvalue weighted by Gasteiger charge is 2.34. The molecule has 114 valence electrons. The summed E-state index contributed by atoms with van der Waals surface area (Å²) in [5.41, 5.74) is 1.92. The molecule has 1 aromatic heterocycles. The number of amides is 2. The van der Waals surface area contributed by atoms with E-state index in [2.05, 4.69) is 5.32 Å². The van der Waals surface area contributed by atoms with Gasteiger partial charge in [0.2, 0.25) is 5.91 Å². The minimum atomic E-state index is -0.379. The van der Waals surface area contributed by atoms with Crippen molar-refractivity contribution in [2.45, 2.75) is 25.8 Å². The third-order valence-corrected chi connectivity index (χ3v) is 4.73. The maximum atomic E-state index is 12.5. The van der Waals surface area contributed by atoms with E-state index in [0.717, 1.165) is 24.1 Å². The molecule has 0 unspecified atom stereocenters. The number of hydrogen-bond donors (Lipinski definition) is 1. The number of anilines is 1. The van der Waals surface area contributed by atoms with E-state index in [4.69, 9.17) is 0 Å². The third-order valence-electron chi connectivity index (χ3n) is 3.87. The first-order valence-corrected chi connectivity index (χ1v) is 8.25. The Kier molecular flexibility index (Phi) is 4.24. The van der Waals surface area contributed by atoms with E-state index in [-0.39, 0.29) is 17.9 Å². The van der Waals surface area contributed by atoms with E-state index in [9.17, 15) is 9.59 Å². The largest absolute Gasteiger partial charge is 0.326 e. The van der Waals surface area contributed by atoms with E-state index in [1.807, 2.05) is 42.6 Å². The zero-order chi connectivity index (χ0) is 15.5. The average Bonchev–Trinajstić information content (AvgIpc) is 3.20. The van der Waals surface area contributed by atoms with Crippen LogP contribution in [0, 0.1) is 6.92 Å². The molecule has 0 bridgehead atoms. The maximum absolute atomic E-state index is 12.5. The van der Waals surface area contributed by atoms with Crippen molar-refractivity contribution in [1.82, 2.24) is 4.90 Å². The summed E-state index contributed by atoms with van der Waals surface area (Å²) in [4.78, 5) is 27.3. The lowest BCUT2D eigenvalue weighted by Crippen LogP contribution is -2.42. The van der Waals surface area contributed by atoms with Gasteiger partial charge in [0.1, 0.15) is 6.04 Å². The Bertz CT molecular complexity index is 664. The second-order valence-corrected chi connectivity index (χ2v) is 6.44. The normalized spacial score (nSPS) is 17.5.